The van der Waals surface area contributed by atoms with Gasteiger partial charge < -0.3 is 5.11 Å². The third-order valence-corrected chi connectivity index (χ3v) is 3.52. The van der Waals surface area contributed by atoms with E-state index < -0.39 is 0 Å². The number of carbonyl (C=O) groups is 1. The molecule has 1 aliphatic rings. The molecule has 17 heavy (non-hydrogen) atoms. The average molecular weight is 243 g/mol. The van der Waals surface area contributed by atoms with Crippen LogP contribution in [-0.2, 0) is 4.79 Å². The van der Waals surface area contributed by atoms with Crippen LogP contribution in [0.25, 0.3) is 0 Å². The SMILES string of the molecule is CC(C)C(C(=O)NN)N1CCCC(CCO)C1. The highest BCUT2D eigenvalue weighted by molar-refractivity contribution is 5.81. The van der Waals surface area contributed by atoms with Crippen LogP contribution in [0.4, 0.5) is 0 Å². The predicted octanol–water partition coefficient (Wildman–Crippen LogP) is 0.0953. The van der Waals surface area contributed by atoms with Crippen molar-refractivity contribution in [2.75, 3.05) is 19.7 Å². The lowest BCUT2D eigenvalue weighted by Crippen LogP contribution is -2.54. The normalized spacial score (nSPS) is 23.7. The fraction of sp³-hybridized carbons (Fsp3) is 0.917. The van der Waals surface area contributed by atoms with Crippen LogP contribution in [0.5, 0.6) is 0 Å². The molecule has 0 saturated carbocycles. The molecule has 0 aromatic rings. The van der Waals surface area contributed by atoms with Crippen LogP contribution in [0.3, 0.4) is 0 Å². The molecule has 1 rings (SSSR count). The summed E-state index contributed by atoms with van der Waals surface area (Å²) in [7, 11) is 0. The van der Waals surface area contributed by atoms with Gasteiger partial charge in [0.2, 0.25) is 0 Å². The number of nitrogens with zero attached hydrogens (tertiary/aromatic N) is 1. The molecule has 1 fully saturated rings. The summed E-state index contributed by atoms with van der Waals surface area (Å²) >= 11 is 0. The van der Waals surface area contributed by atoms with E-state index in [2.05, 4.69) is 10.3 Å². The Morgan fingerprint density at radius 2 is 2.29 bits per heavy atom. The molecule has 1 amide bonds. The fourth-order valence-corrected chi connectivity index (χ4v) is 2.74. The van der Waals surface area contributed by atoms with Gasteiger partial charge in [-0.3, -0.25) is 15.1 Å². The summed E-state index contributed by atoms with van der Waals surface area (Å²) in [6.07, 6.45) is 3.06. The van der Waals surface area contributed by atoms with Crippen molar-refractivity contribution < 1.29 is 9.90 Å². The average Bonchev–Trinajstić information content (AvgIpc) is 2.29. The molecule has 0 aromatic heterocycles. The number of nitrogens with one attached hydrogen (secondary N) is 1. The Balaban J connectivity index is 2.64. The molecule has 100 valence electrons. The Kier molecular flexibility index (Phi) is 5.88. The van der Waals surface area contributed by atoms with E-state index in [0.29, 0.717) is 5.92 Å². The van der Waals surface area contributed by atoms with Crippen molar-refractivity contribution in [2.45, 2.75) is 39.2 Å². The summed E-state index contributed by atoms with van der Waals surface area (Å²) in [5, 5.41) is 8.99. The third-order valence-electron chi connectivity index (χ3n) is 3.52. The predicted molar refractivity (Wildman–Crippen MR) is 67.0 cm³/mol. The van der Waals surface area contributed by atoms with Crippen molar-refractivity contribution >= 4 is 5.91 Å². The van der Waals surface area contributed by atoms with Gasteiger partial charge in [0.25, 0.3) is 5.91 Å². The van der Waals surface area contributed by atoms with Gasteiger partial charge in [0.1, 0.15) is 0 Å². The minimum Gasteiger partial charge on any atom is -0.396 e. The first-order chi connectivity index (χ1) is 8.10. The quantitative estimate of drug-likeness (QED) is 0.363. The van der Waals surface area contributed by atoms with E-state index in [9.17, 15) is 4.79 Å². The number of piperidine rings is 1. The minimum absolute atomic E-state index is 0.107. The highest BCUT2D eigenvalue weighted by atomic mass is 16.3. The molecule has 0 aliphatic carbocycles. The Labute approximate surface area is 103 Å². The second-order valence-corrected chi connectivity index (χ2v) is 5.21. The van der Waals surface area contributed by atoms with E-state index in [4.69, 9.17) is 10.9 Å². The van der Waals surface area contributed by atoms with Crippen molar-refractivity contribution in [3.63, 3.8) is 0 Å². The van der Waals surface area contributed by atoms with Crippen molar-refractivity contribution in [3.8, 4) is 0 Å². The zero-order chi connectivity index (χ0) is 12.8. The van der Waals surface area contributed by atoms with Crippen LogP contribution in [0.1, 0.15) is 33.1 Å². The maximum Gasteiger partial charge on any atom is 0.251 e. The number of rotatable bonds is 5. The van der Waals surface area contributed by atoms with Crippen molar-refractivity contribution in [1.82, 2.24) is 10.3 Å². The van der Waals surface area contributed by atoms with Gasteiger partial charge in [-0.2, -0.15) is 0 Å². The summed E-state index contributed by atoms with van der Waals surface area (Å²) in [5.74, 6) is 5.88. The topological polar surface area (TPSA) is 78.6 Å². The van der Waals surface area contributed by atoms with Gasteiger partial charge in [0, 0.05) is 13.2 Å². The lowest BCUT2D eigenvalue weighted by molar-refractivity contribution is -0.129. The smallest absolute Gasteiger partial charge is 0.251 e. The van der Waals surface area contributed by atoms with Crippen LogP contribution < -0.4 is 11.3 Å². The Morgan fingerprint density at radius 1 is 1.59 bits per heavy atom. The summed E-state index contributed by atoms with van der Waals surface area (Å²) < 4.78 is 0. The molecule has 0 spiro atoms. The van der Waals surface area contributed by atoms with Crippen LogP contribution in [0.2, 0.25) is 0 Å². The Hall–Kier alpha value is -0.650. The van der Waals surface area contributed by atoms with E-state index in [0.717, 1.165) is 32.4 Å². The summed E-state index contributed by atoms with van der Waals surface area (Å²) in [4.78, 5) is 14.0. The summed E-state index contributed by atoms with van der Waals surface area (Å²) in [5.41, 5.74) is 2.26. The third kappa shape index (κ3) is 3.94. The van der Waals surface area contributed by atoms with Crippen LogP contribution in [-0.4, -0.2) is 41.7 Å². The largest absolute Gasteiger partial charge is 0.396 e. The number of carbonyl (C=O) groups excluding carboxylic acids is 1. The highest BCUT2D eigenvalue weighted by Crippen LogP contribution is 2.23. The number of aliphatic hydroxyl groups excluding tert-OH is 1. The molecular weight excluding hydrogens is 218 g/mol. The first-order valence-electron chi connectivity index (χ1n) is 6.45. The molecule has 2 atom stereocenters. The molecule has 0 radical (unpaired) electrons. The van der Waals surface area contributed by atoms with Crippen LogP contribution in [0, 0.1) is 11.8 Å². The van der Waals surface area contributed by atoms with E-state index in [1.807, 2.05) is 13.8 Å². The lowest BCUT2D eigenvalue weighted by atomic mass is 9.91. The molecular formula is C12H25N3O2. The minimum atomic E-state index is -0.151. The van der Waals surface area contributed by atoms with Gasteiger partial charge in [-0.1, -0.05) is 13.8 Å². The molecule has 1 aliphatic heterocycles. The maximum absolute atomic E-state index is 11.8. The number of amides is 1. The number of nitrogens with two attached hydrogens (primary N) is 1. The zero-order valence-corrected chi connectivity index (χ0v) is 10.9. The Bertz CT molecular complexity index is 244. The molecule has 1 saturated heterocycles. The molecule has 4 N–H and O–H groups in total. The lowest BCUT2D eigenvalue weighted by Gasteiger charge is -2.38. The van der Waals surface area contributed by atoms with Gasteiger partial charge in [-0.25, -0.2) is 5.84 Å². The standard InChI is InChI=1S/C12H25N3O2/c1-9(2)11(12(17)14-13)15-6-3-4-10(8-15)5-7-16/h9-11,16H,3-8,13H2,1-2H3,(H,14,17). The van der Waals surface area contributed by atoms with Crippen LogP contribution >= 0.6 is 0 Å². The second kappa shape index (κ2) is 6.93. The first kappa shape index (κ1) is 14.4. The Morgan fingerprint density at radius 3 is 2.82 bits per heavy atom. The van der Waals surface area contributed by atoms with E-state index in [1.54, 1.807) is 0 Å². The van der Waals surface area contributed by atoms with Gasteiger partial charge in [-0.05, 0) is 37.6 Å². The van der Waals surface area contributed by atoms with Gasteiger partial charge >= 0.3 is 0 Å². The maximum atomic E-state index is 11.8. The van der Waals surface area contributed by atoms with Crippen molar-refractivity contribution in [3.05, 3.63) is 0 Å². The number of hydrogen-bond donors (Lipinski definition) is 3. The van der Waals surface area contributed by atoms with Crippen LogP contribution in [0.15, 0.2) is 0 Å². The van der Waals surface area contributed by atoms with Crippen molar-refractivity contribution in [1.29, 1.82) is 0 Å². The molecule has 0 bridgehead atoms. The molecule has 1 heterocycles. The molecule has 0 aromatic carbocycles. The first-order valence-corrected chi connectivity index (χ1v) is 6.45. The fourth-order valence-electron chi connectivity index (χ4n) is 2.74. The van der Waals surface area contributed by atoms with Crippen molar-refractivity contribution in [2.24, 2.45) is 17.7 Å². The van der Waals surface area contributed by atoms with Gasteiger partial charge in [-0.15, -0.1) is 0 Å². The number of aliphatic hydroxyl groups is 1. The second-order valence-electron chi connectivity index (χ2n) is 5.21. The zero-order valence-electron chi connectivity index (χ0n) is 10.9. The number of likely N-dealkylation sites (tertiary alicyclic amines) is 1. The summed E-state index contributed by atoms with van der Waals surface area (Å²) in [6.45, 7) is 6.13. The van der Waals surface area contributed by atoms with Gasteiger partial charge in [0.05, 0.1) is 6.04 Å². The molecule has 5 nitrogen and oxygen atoms in total. The number of hydrogen-bond acceptors (Lipinski definition) is 4. The number of hydrazine groups is 1. The monoisotopic (exact) mass is 243 g/mol. The molecule has 5 heteroatoms. The van der Waals surface area contributed by atoms with E-state index in [-0.39, 0.29) is 24.5 Å². The van der Waals surface area contributed by atoms with E-state index >= 15 is 0 Å². The summed E-state index contributed by atoms with van der Waals surface area (Å²) in [6, 6.07) is -0.151. The molecule has 2 unspecified atom stereocenters. The van der Waals surface area contributed by atoms with Gasteiger partial charge in [0.15, 0.2) is 0 Å². The van der Waals surface area contributed by atoms with E-state index in [1.165, 1.54) is 0 Å². The highest BCUT2D eigenvalue weighted by Gasteiger charge is 2.31.